The first-order valence-electron chi connectivity index (χ1n) is 10.9. The van der Waals surface area contributed by atoms with Gasteiger partial charge >= 0.3 is 0 Å². The SMILES string of the molecule is COc1ccccc1OCCn1c(C2CC(=O)N(c3ccc(Cl)cc3)C2)nc2ccccc21. The number of anilines is 1. The van der Waals surface area contributed by atoms with Gasteiger partial charge in [-0.3, -0.25) is 4.79 Å². The topological polar surface area (TPSA) is 56.6 Å². The summed E-state index contributed by atoms with van der Waals surface area (Å²) in [4.78, 5) is 19.6. The Labute approximate surface area is 197 Å². The van der Waals surface area contributed by atoms with E-state index in [-0.39, 0.29) is 11.8 Å². The standard InChI is InChI=1S/C26H24ClN3O3/c1-32-23-8-4-5-9-24(23)33-15-14-29-22-7-3-2-6-21(22)28-26(29)18-16-25(31)30(17-18)20-12-10-19(27)11-13-20/h2-13,18H,14-17H2,1H3. The Bertz CT molecular complexity index is 1290. The molecular weight excluding hydrogens is 438 g/mol. The van der Waals surface area contributed by atoms with Gasteiger partial charge < -0.3 is 18.9 Å². The Morgan fingerprint density at radius 3 is 2.52 bits per heavy atom. The Hall–Kier alpha value is -3.51. The van der Waals surface area contributed by atoms with Gasteiger partial charge in [-0.25, -0.2) is 4.98 Å². The third kappa shape index (κ3) is 4.26. The summed E-state index contributed by atoms with van der Waals surface area (Å²) >= 11 is 6.02. The molecule has 6 nitrogen and oxygen atoms in total. The van der Waals surface area contributed by atoms with E-state index in [1.54, 1.807) is 7.11 Å². The predicted molar refractivity (Wildman–Crippen MR) is 129 cm³/mol. The second-order valence-electron chi connectivity index (χ2n) is 7.99. The van der Waals surface area contributed by atoms with Crippen molar-refractivity contribution < 1.29 is 14.3 Å². The average Bonchev–Trinajstić information content (AvgIpc) is 3.40. The third-order valence-electron chi connectivity index (χ3n) is 5.95. The van der Waals surface area contributed by atoms with Crippen LogP contribution in [0.3, 0.4) is 0 Å². The summed E-state index contributed by atoms with van der Waals surface area (Å²) in [6.45, 7) is 1.64. The van der Waals surface area contributed by atoms with Crippen LogP contribution in [0.15, 0.2) is 72.8 Å². The zero-order valence-electron chi connectivity index (χ0n) is 18.3. The molecule has 0 spiro atoms. The maximum Gasteiger partial charge on any atom is 0.227 e. The van der Waals surface area contributed by atoms with E-state index in [0.717, 1.165) is 22.5 Å². The number of nitrogens with zero attached hydrogens (tertiary/aromatic N) is 3. The molecule has 2 heterocycles. The fourth-order valence-electron chi connectivity index (χ4n) is 4.38. The number of hydrogen-bond acceptors (Lipinski definition) is 4. The number of fused-ring (bicyclic) bond motifs is 1. The van der Waals surface area contributed by atoms with Crippen LogP contribution in [0.2, 0.25) is 5.02 Å². The Kier molecular flexibility index (Phi) is 5.92. The highest BCUT2D eigenvalue weighted by atomic mass is 35.5. The summed E-state index contributed by atoms with van der Waals surface area (Å²) in [5, 5.41) is 0.652. The largest absolute Gasteiger partial charge is 0.493 e. The summed E-state index contributed by atoms with van der Waals surface area (Å²) in [6.07, 6.45) is 0.416. The third-order valence-corrected chi connectivity index (χ3v) is 6.21. The van der Waals surface area contributed by atoms with Gasteiger partial charge in [-0.15, -0.1) is 0 Å². The lowest BCUT2D eigenvalue weighted by atomic mass is 10.1. The van der Waals surface area contributed by atoms with Crippen molar-refractivity contribution in [1.82, 2.24) is 9.55 Å². The van der Waals surface area contributed by atoms with E-state index in [4.69, 9.17) is 26.1 Å². The highest BCUT2D eigenvalue weighted by Crippen LogP contribution is 2.34. The molecule has 7 heteroatoms. The molecule has 1 aliphatic heterocycles. The molecule has 1 aromatic heterocycles. The van der Waals surface area contributed by atoms with E-state index in [0.29, 0.717) is 42.6 Å². The van der Waals surface area contributed by atoms with E-state index < -0.39 is 0 Å². The number of carbonyl (C=O) groups excluding carboxylic acids is 1. The van der Waals surface area contributed by atoms with Crippen LogP contribution in [-0.2, 0) is 11.3 Å². The number of hydrogen-bond donors (Lipinski definition) is 0. The fourth-order valence-corrected chi connectivity index (χ4v) is 4.50. The van der Waals surface area contributed by atoms with Crippen LogP contribution in [0, 0.1) is 0 Å². The number of carbonyl (C=O) groups is 1. The zero-order chi connectivity index (χ0) is 22.8. The van der Waals surface area contributed by atoms with E-state index in [1.165, 1.54) is 0 Å². The molecule has 3 aromatic carbocycles. The van der Waals surface area contributed by atoms with E-state index in [2.05, 4.69) is 10.6 Å². The summed E-state index contributed by atoms with van der Waals surface area (Å²) in [5.74, 6) is 2.40. The van der Waals surface area contributed by atoms with Crippen molar-refractivity contribution >= 4 is 34.2 Å². The Morgan fingerprint density at radius 1 is 1.00 bits per heavy atom. The molecule has 1 atom stereocenters. The van der Waals surface area contributed by atoms with Crippen LogP contribution in [0.25, 0.3) is 11.0 Å². The summed E-state index contributed by atoms with van der Waals surface area (Å²) in [6, 6.07) is 23.0. The van der Waals surface area contributed by atoms with Gasteiger partial charge in [-0.1, -0.05) is 35.9 Å². The number of ether oxygens (including phenoxy) is 2. The Balaban J connectivity index is 1.40. The second kappa shape index (κ2) is 9.16. The van der Waals surface area contributed by atoms with E-state index >= 15 is 0 Å². The number of halogens is 1. The molecule has 1 aliphatic rings. The minimum Gasteiger partial charge on any atom is -0.493 e. The van der Waals surface area contributed by atoms with Crippen LogP contribution in [-0.4, -0.2) is 35.7 Å². The molecule has 1 saturated heterocycles. The van der Waals surface area contributed by atoms with Crippen molar-refractivity contribution in [3.8, 4) is 11.5 Å². The van der Waals surface area contributed by atoms with Gasteiger partial charge in [0.15, 0.2) is 11.5 Å². The van der Waals surface area contributed by atoms with Crippen molar-refractivity contribution in [3.63, 3.8) is 0 Å². The normalized spacial score (nSPS) is 15.9. The van der Waals surface area contributed by atoms with Crippen molar-refractivity contribution in [1.29, 1.82) is 0 Å². The van der Waals surface area contributed by atoms with Gasteiger partial charge in [-0.05, 0) is 48.5 Å². The summed E-state index contributed by atoms with van der Waals surface area (Å²) in [5.41, 5.74) is 2.81. The van der Waals surface area contributed by atoms with Gasteiger partial charge in [0, 0.05) is 29.6 Å². The number of aromatic nitrogens is 2. The minimum absolute atomic E-state index is 0.00756. The van der Waals surface area contributed by atoms with Crippen LogP contribution in [0.4, 0.5) is 5.69 Å². The molecule has 0 aliphatic carbocycles. The molecule has 0 bridgehead atoms. The number of rotatable bonds is 7. The van der Waals surface area contributed by atoms with E-state index in [1.807, 2.05) is 71.6 Å². The summed E-state index contributed by atoms with van der Waals surface area (Å²) < 4.78 is 13.6. The molecule has 1 unspecified atom stereocenters. The van der Waals surface area contributed by atoms with Gasteiger partial charge in [0.25, 0.3) is 0 Å². The molecule has 1 amide bonds. The molecule has 1 fully saturated rings. The zero-order valence-corrected chi connectivity index (χ0v) is 19.0. The molecular formula is C26H24ClN3O3. The molecule has 33 heavy (non-hydrogen) atoms. The first-order valence-corrected chi connectivity index (χ1v) is 11.3. The second-order valence-corrected chi connectivity index (χ2v) is 8.43. The number of amides is 1. The molecule has 5 rings (SSSR count). The number of benzene rings is 3. The molecule has 0 N–H and O–H groups in total. The van der Waals surface area contributed by atoms with Crippen molar-refractivity contribution in [3.05, 3.63) is 83.6 Å². The van der Waals surface area contributed by atoms with Crippen LogP contribution in [0.5, 0.6) is 11.5 Å². The smallest absolute Gasteiger partial charge is 0.227 e. The summed E-state index contributed by atoms with van der Waals surface area (Å²) in [7, 11) is 1.63. The first kappa shape index (κ1) is 21.3. The molecule has 0 radical (unpaired) electrons. The molecule has 4 aromatic rings. The van der Waals surface area contributed by atoms with Crippen molar-refractivity contribution in [2.75, 3.05) is 25.2 Å². The highest BCUT2D eigenvalue weighted by molar-refractivity contribution is 6.30. The number of imidazole rings is 1. The van der Waals surface area contributed by atoms with Crippen molar-refractivity contribution in [2.45, 2.75) is 18.9 Å². The first-order chi connectivity index (χ1) is 16.1. The highest BCUT2D eigenvalue weighted by Gasteiger charge is 2.34. The quantitative estimate of drug-likeness (QED) is 0.375. The lowest BCUT2D eigenvalue weighted by molar-refractivity contribution is -0.117. The maximum absolute atomic E-state index is 12.9. The Morgan fingerprint density at radius 2 is 1.73 bits per heavy atom. The maximum atomic E-state index is 12.9. The van der Waals surface area contributed by atoms with Gasteiger partial charge in [-0.2, -0.15) is 0 Å². The average molecular weight is 462 g/mol. The lowest BCUT2D eigenvalue weighted by Gasteiger charge is -2.18. The van der Waals surface area contributed by atoms with E-state index in [9.17, 15) is 4.79 Å². The number of para-hydroxylation sites is 4. The van der Waals surface area contributed by atoms with Crippen molar-refractivity contribution in [2.24, 2.45) is 0 Å². The van der Waals surface area contributed by atoms with Crippen LogP contribution >= 0.6 is 11.6 Å². The van der Waals surface area contributed by atoms with Gasteiger partial charge in [0.1, 0.15) is 12.4 Å². The molecule has 0 saturated carbocycles. The van der Waals surface area contributed by atoms with Crippen LogP contribution in [0.1, 0.15) is 18.2 Å². The monoisotopic (exact) mass is 461 g/mol. The van der Waals surface area contributed by atoms with Gasteiger partial charge in [0.05, 0.1) is 24.7 Å². The van der Waals surface area contributed by atoms with Gasteiger partial charge in [0.2, 0.25) is 5.91 Å². The predicted octanol–water partition coefficient (Wildman–Crippen LogP) is 5.30. The lowest BCUT2D eigenvalue weighted by Crippen LogP contribution is -2.24. The number of methoxy groups -OCH3 is 1. The molecule has 168 valence electrons. The minimum atomic E-state index is -0.00756. The fraction of sp³-hybridized carbons (Fsp3) is 0.231. The van der Waals surface area contributed by atoms with Crippen LogP contribution < -0.4 is 14.4 Å².